The number of allylic oxidation sites excluding steroid dienone is 1. The van der Waals surface area contributed by atoms with Crippen molar-refractivity contribution in [2.75, 3.05) is 6.54 Å². The molecule has 0 fully saturated rings. The number of hydrazone groups is 1. The molecule has 0 aromatic carbocycles. The molecule has 0 radical (unpaired) electrons. The van der Waals surface area contributed by atoms with Gasteiger partial charge in [-0.25, -0.2) is 4.98 Å². The Hall–Kier alpha value is -2.12. The second-order valence-corrected chi connectivity index (χ2v) is 9.68. The minimum absolute atomic E-state index is 0.231. The first-order valence-electron chi connectivity index (χ1n) is 11.1. The second kappa shape index (κ2) is 8.19. The SMILES string of the molecule is CCC1=CC(C/C2=N/NCCC(C)(C)OBc3cnc4[nH]ccc4c32)CC(C)(O)C1. The lowest BCUT2D eigenvalue weighted by atomic mass is 9.75. The number of rotatable bonds is 3. The summed E-state index contributed by atoms with van der Waals surface area (Å²) in [5.41, 5.74) is 7.75. The molecular formula is C23H33BN4O2. The molecular weight excluding hydrogens is 375 g/mol. The van der Waals surface area contributed by atoms with Crippen molar-refractivity contribution in [1.29, 1.82) is 0 Å². The van der Waals surface area contributed by atoms with E-state index in [4.69, 9.17) is 9.76 Å². The first-order chi connectivity index (χ1) is 14.3. The number of hydrogen-bond donors (Lipinski definition) is 3. The van der Waals surface area contributed by atoms with Crippen molar-refractivity contribution in [2.45, 2.75) is 71.0 Å². The zero-order valence-corrected chi connectivity index (χ0v) is 18.6. The Balaban J connectivity index is 1.75. The van der Waals surface area contributed by atoms with Crippen molar-refractivity contribution in [2.24, 2.45) is 11.0 Å². The topological polar surface area (TPSA) is 82.5 Å². The van der Waals surface area contributed by atoms with Crippen LogP contribution in [0.15, 0.2) is 35.2 Å². The number of aliphatic hydroxyl groups is 1. The lowest BCUT2D eigenvalue weighted by Crippen LogP contribution is -2.38. The standard InChI is InChI=1S/C23H33BN4O2/c1-5-15-10-16(13-23(4,29)12-15)11-19-20-17-6-8-25-21(17)26-14-18(20)24-30-22(2,3)7-9-27-28-19/h6,8,10,14,16,24,27,29H,5,7,9,11-13H2,1-4H3,(H,25,26)/b28-19-. The second-order valence-electron chi connectivity index (χ2n) is 9.68. The van der Waals surface area contributed by atoms with E-state index in [0.717, 1.165) is 66.4 Å². The number of pyridine rings is 1. The van der Waals surface area contributed by atoms with Gasteiger partial charge in [0, 0.05) is 35.5 Å². The molecule has 2 unspecified atom stereocenters. The highest BCUT2D eigenvalue weighted by atomic mass is 16.5. The fourth-order valence-electron chi connectivity index (χ4n) is 4.76. The highest BCUT2D eigenvalue weighted by Crippen LogP contribution is 2.35. The van der Waals surface area contributed by atoms with Crippen molar-refractivity contribution >= 4 is 29.7 Å². The monoisotopic (exact) mass is 408 g/mol. The zero-order chi connectivity index (χ0) is 21.4. The van der Waals surface area contributed by atoms with Crippen LogP contribution in [0.3, 0.4) is 0 Å². The average Bonchev–Trinajstić information content (AvgIpc) is 3.15. The predicted molar refractivity (Wildman–Crippen MR) is 124 cm³/mol. The first kappa shape index (κ1) is 21.1. The number of nitrogens with one attached hydrogen (secondary N) is 2. The molecule has 0 amide bonds. The van der Waals surface area contributed by atoms with Crippen LogP contribution in [0.25, 0.3) is 11.0 Å². The van der Waals surface area contributed by atoms with Gasteiger partial charge in [-0.05, 0) is 70.3 Å². The van der Waals surface area contributed by atoms with Gasteiger partial charge in [-0.1, -0.05) is 18.6 Å². The summed E-state index contributed by atoms with van der Waals surface area (Å²) in [6.45, 7) is 9.10. The fraction of sp³-hybridized carbons (Fsp3) is 0.565. The van der Waals surface area contributed by atoms with Gasteiger partial charge in [-0.15, -0.1) is 0 Å². The van der Waals surface area contributed by atoms with Gasteiger partial charge >= 0.3 is 7.48 Å². The predicted octanol–water partition coefficient (Wildman–Crippen LogP) is 2.92. The number of aromatic nitrogens is 2. The Morgan fingerprint density at radius 3 is 2.97 bits per heavy atom. The minimum atomic E-state index is -0.660. The summed E-state index contributed by atoms with van der Waals surface area (Å²) in [6.07, 6.45) is 10.3. The maximum atomic E-state index is 10.8. The van der Waals surface area contributed by atoms with Gasteiger partial charge in [0.2, 0.25) is 0 Å². The van der Waals surface area contributed by atoms with E-state index in [2.05, 4.69) is 48.3 Å². The molecule has 1 aliphatic heterocycles. The first-order valence-corrected chi connectivity index (χ1v) is 11.1. The summed E-state index contributed by atoms with van der Waals surface area (Å²) in [5, 5.41) is 16.8. The van der Waals surface area contributed by atoms with Crippen LogP contribution in [0.2, 0.25) is 0 Å². The molecule has 2 aromatic heterocycles. The van der Waals surface area contributed by atoms with Gasteiger partial charge in [0.05, 0.1) is 11.3 Å². The number of aromatic amines is 1. The zero-order valence-electron chi connectivity index (χ0n) is 18.6. The molecule has 0 bridgehead atoms. The van der Waals surface area contributed by atoms with E-state index in [1.165, 1.54) is 5.57 Å². The van der Waals surface area contributed by atoms with Crippen LogP contribution in [0, 0.1) is 5.92 Å². The number of nitrogens with zero attached hydrogens (tertiary/aromatic N) is 2. The highest BCUT2D eigenvalue weighted by Gasteiger charge is 2.32. The lowest BCUT2D eigenvalue weighted by Gasteiger charge is -2.34. The third-order valence-corrected chi connectivity index (χ3v) is 6.32. The van der Waals surface area contributed by atoms with E-state index in [0.29, 0.717) is 7.48 Å². The lowest BCUT2D eigenvalue weighted by molar-refractivity contribution is 0.0337. The molecule has 160 valence electrons. The molecule has 0 saturated heterocycles. The number of fused-ring (bicyclic) bond motifs is 3. The molecule has 4 rings (SSSR count). The molecule has 0 spiro atoms. The molecule has 6 nitrogen and oxygen atoms in total. The van der Waals surface area contributed by atoms with E-state index in [1.807, 2.05) is 19.3 Å². The normalized spacial score (nSPS) is 28.5. The third-order valence-electron chi connectivity index (χ3n) is 6.32. The number of H-pyrrole nitrogens is 1. The molecule has 0 saturated carbocycles. The summed E-state index contributed by atoms with van der Waals surface area (Å²) >= 11 is 0. The Kier molecular flexibility index (Phi) is 5.77. The van der Waals surface area contributed by atoms with E-state index in [9.17, 15) is 5.11 Å². The number of hydrogen-bond acceptors (Lipinski definition) is 5. The Morgan fingerprint density at radius 1 is 1.33 bits per heavy atom. The maximum absolute atomic E-state index is 10.8. The van der Waals surface area contributed by atoms with Crippen LogP contribution in [0.5, 0.6) is 0 Å². The third kappa shape index (κ3) is 4.62. The molecule has 2 aromatic rings. The average molecular weight is 408 g/mol. The smallest absolute Gasteiger partial charge is 0.311 e. The summed E-state index contributed by atoms with van der Waals surface area (Å²) in [4.78, 5) is 7.82. The van der Waals surface area contributed by atoms with E-state index < -0.39 is 5.60 Å². The summed E-state index contributed by atoms with van der Waals surface area (Å²) in [7, 11) is 0.508. The molecule has 2 aliphatic rings. The van der Waals surface area contributed by atoms with Crippen LogP contribution in [-0.2, 0) is 4.65 Å². The van der Waals surface area contributed by atoms with Gasteiger partial charge < -0.3 is 20.2 Å². The van der Waals surface area contributed by atoms with Crippen LogP contribution in [-0.4, -0.2) is 46.0 Å². The molecule has 3 heterocycles. The van der Waals surface area contributed by atoms with Crippen molar-refractivity contribution < 1.29 is 9.76 Å². The fourth-order valence-corrected chi connectivity index (χ4v) is 4.76. The summed E-state index contributed by atoms with van der Waals surface area (Å²) < 4.78 is 6.27. The molecule has 3 N–H and O–H groups in total. The Bertz CT molecular complexity index is 977. The Labute approximate surface area is 179 Å². The maximum Gasteiger partial charge on any atom is 0.311 e. The molecule has 2 atom stereocenters. The van der Waals surface area contributed by atoms with Crippen molar-refractivity contribution in [3.63, 3.8) is 0 Å². The van der Waals surface area contributed by atoms with Gasteiger partial charge in [0.25, 0.3) is 0 Å². The van der Waals surface area contributed by atoms with Gasteiger partial charge in [-0.3, -0.25) is 0 Å². The quantitative estimate of drug-likeness (QED) is 0.539. The van der Waals surface area contributed by atoms with Gasteiger partial charge in [0.15, 0.2) is 0 Å². The molecule has 7 heteroatoms. The van der Waals surface area contributed by atoms with Crippen molar-refractivity contribution in [3.05, 3.63) is 35.7 Å². The van der Waals surface area contributed by atoms with E-state index in [-0.39, 0.29) is 11.5 Å². The highest BCUT2D eigenvalue weighted by molar-refractivity contribution is 6.50. The van der Waals surface area contributed by atoms with Crippen LogP contribution in [0.1, 0.15) is 65.4 Å². The van der Waals surface area contributed by atoms with Gasteiger partial charge in [0.1, 0.15) is 5.65 Å². The molecule has 30 heavy (non-hydrogen) atoms. The molecule has 1 aliphatic carbocycles. The van der Waals surface area contributed by atoms with Crippen LogP contribution < -0.4 is 10.9 Å². The van der Waals surface area contributed by atoms with Crippen LogP contribution in [0.4, 0.5) is 0 Å². The van der Waals surface area contributed by atoms with E-state index >= 15 is 0 Å². The van der Waals surface area contributed by atoms with Crippen molar-refractivity contribution in [1.82, 2.24) is 15.4 Å². The largest absolute Gasteiger partial charge is 0.430 e. The van der Waals surface area contributed by atoms with E-state index in [1.54, 1.807) is 0 Å². The Morgan fingerprint density at radius 2 is 2.17 bits per heavy atom. The summed E-state index contributed by atoms with van der Waals surface area (Å²) in [6, 6.07) is 2.07. The summed E-state index contributed by atoms with van der Waals surface area (Å²) in [5.74, 6) is 0.250. The van der Waals surface area contributed by atoms with Crippen molar-refractivity contribution in [3.8, 4) is 0 Å². The van der Waals surface area contributed by atoms with Crippen LogP contribution >= 0.6 is 0 Å². The minimum Gasteiger partial charge on any atom is -0.430 e. The van der Waals surface area contributed by atoms with Gasteiger partial charge in [-0.2, -0.15) is 5.10 Å².